The van der Waals surface area contributed by atoms with Crippen LogP contribution in [0, 0.1) is 0 Å². The first kappa shape index (κ1) is 12.0. The fourth-order valence-corrected chi connectivity index (χ4v) is 1.06. The number of carboxylic acid groups (broad SMARTS) is 1. The van der Waals surface area contributed by atoms with Crippen molar-refractivity contribution in [3.63, 3.8) is 0 Å². The minimum Gasteiger partial charge on any atom is -0.474 e. The monoisotopic (exact) mass is 256 g/mol. The standard InChI is InChI=1S/C8H4Cl2F2O3/c9-4-1-2-5(10)6(3-4)15-8(11,12)7(13)14/h1-3H,(H,13,14). The van der Waals surface area contributed by atoms with E-state index in [1.165, 1.54) is 12.1 Å². The highest BCUT2D eigenvalue weighted by Crippen LogP contribution is 2.31. The summed E-state index contributed by atoms with van der Waals surface area (Å²) in [7, 11) is 0. The number of benzene rings is 1. The number of hydrogen-bond acceptors (Lipinski definition) is 2. The van der Waals surface area contributed by atoms with Crippen molar-refractivity contribution < 1.29 is 23.4 Å². The molecular weight excluding hydrogens is 253 g/mol. The Bertz CT molecular complexity index is 395. The van der Waals surface area contributed by atoms with E-state index in [0.29, 0.717) is 0 Å². The summed E-state index contributed by atoms with van der Waals surface area (Å²) in [4.78, 5) is 10.1. The van der Waals surface area contributed by atoms with Crippen LogP contribution in [0.4, 0.5) is 8.78 Å². The molecule has 0 heterocycles. The predicted molar refractivity (Wildman–Crippen MR) is 49.7 cm³/mol. The molecule has 0 aromatic heterocycles. The molecule has 7 heteroatoms. The van der Waals surface area contributed by atoms with Gasteiger partial charge >= 0.3 is 12.1 Å². The molecule has 0 spiro atoms. The lowest BCUT2D eigenvalue weighted by atomic mass is 10.3. The van der Waals surface area contributed by atoms with Crippen LogP contribution in [0.1, 0.15) is 0 Å². The SMILES string of the molecule is O=C(O)C(F)(F)Oc1cc(Cl)ccc1Cl. The highest BCUT2D eigenvalue weighted by atomic mass is 35.5. The first-order valence-corrected chi connectivity index (χ1v) is 4.34. The Balaban J connectivity index is 2.99. The molecule has 0 fully saturated rings. The summed E-state index contributed by atoms with van der Waals surface area (Å²) in [6.07, 6.45) is -4.34. The normalized spacial score (nSPS) is 11.2. The molecule has 1 rings (SSSR count). The van der Waals surface area contributed by atoms with E-state index < -0.39 is 17.8 Å². The lowest BCUT2D eigenvalue weighted by Crippen LogP contribution is -2.34. The second kappa shape index (κ2) is 4.20. The number of halogens is 4. The summed E-state index contributed by atoms with van der Waals surface area (Å²) < 4.78 is 29.2. The third-order valence-corrected chi connectivity index (χ3v) is 1.93. The molecule has 0 saturated carbocycles. The van der Waals surface area contributed by atoms with Gasteiger partial charge in [0.15, 0.2) is 0 Å². The van der Waals surface area contributed by atoms with Gasteiger partial charge in [0.05, 0.1) is 5.02 Å². The van der Waals surface area contributed by atoms with Crippen molar-refractivity contribution >= 4 is 29.2 Å². The molecule has 0 saturated heterocycles. The Kier molecular flexibility index (Phi) is 3.36. The zero-order chi connectivity index (χ0) is 11.6. The summed E-state index contributed by atoms with van der Waals surface area (Å²) in [5.41, 5.74) is 0. The number of hydrogen-bond donors (Lipinski definition) is 1. The van der Waals surface area contributed by atoms with Crippen LogP contribution in [0.25, 0.3) is 0 Å². The van der Waals surface area contributed by atoms with Crippen LogP contribution in [-0.2, 0) is 4.79 Å². The van der Waals surface area contributed by atoms with E-state index >= 15 is 0 Å². The fraction of sp³-hybridized carbons (Fsp3) is 0.125. The zero-order valence-electron chi connectivity index (χ0n) is 7.01. The Labute approximate surface area is 93.2 Å². The summed E-state index contributed by atoms with van der Waals surface area (Å²) in [6.45, 7) is 0. The van der Waals surface area contributed by atoms with Gasteiger partial charge in [-0.25, -0.2) is 4.79 Å². The molecule has 0 aliphatic carbocycles. The molecule has 0 radical (unpaired) electrons. The van der Waals surface area contributed by atoms with Crippen molar-refractivity contribution in [2.45, 2.75) is 6.11 Å². The highest BCUT2D eigenvalue weighted by molar-refractivity contribution is 6.34. The number of aliphatic carboxylic acids is 1. The van der Waals surface area contributed by atoms with Gasteiger partial charge in [0.1, 0.15) is 5.75 Å². The molecule has 3 nitrogen and oxygen atoms in total. The highest BCUT2D eigenvalue weighted by Gasteiger charge is 2.42. The first-order valence-electron chi connectivity index (χ1n) is 3.58. The average molecular weight is 257 g/mol. The first-order chi connectivity index (χ1) is 6.83. The maximum atomic E-state index is 12.6. The van der Waals surface area contributed by atoms with Crippen LogP contribution in [0.5, 0.6) is 5.75 Å². The summed E-state index contributed by atoms with van der Waals surface area (Å²) in [5, 5.41) is 8.07. The predicted octanol–water partition coefficient (Wildman–Crippen LogP) is 3.05. The van der Waals surface area contributed by atoms with E-state index in [2.05, 4.69) is 4.74 Å². The van der Waals surface area contributed by atoms with Gasteiger partial charge in [-0.2, -0.15) is 8.78 Å². The maximum absolute atomic E-state index is 12.6. The fourth-order valence-electron chi connectivity index (χ4n) is 0.737. The second-order valence-corrected chi connectivity index (χ2v) is 3.34. The van der Waals surface area contributed by atoms with Crippen molar-refractivity contribution in [1.82, 2.24) is 0 Å². The zero-order valence-corrected chi connectivity index (χ0v) is 8.52. The molecule has 0 aliphatic rings. The molecule has 0 unspecified atom stereocenters. The van der Waals surface area contributed by atoms with E-state index in [9.17, 15) is 13.6 Å². The molecule has 1 aromatic carbocycles. The van der Waals surface area contributed by atoms with E-state index in [1.54, 1.807) is 0 Å². The number of carboxylic acids is 1. The molecule has 82 valence electrons. The summed E-state index contributed by atoms with van der Waals surface area (Å²) in [6, 6.07) is 3.58. The van der Waals surface area contributed by atoms with Crippen LogP contribution in [0.2, 0.25) is 10.0 Å². The van der Waals surface area contributed by atoms with Gasteiger partial charge in [0, 0.05) is 11.1 Å². The maximum Gasteiger partial charge on any atom is 0.501 e. The van der Waals surface area contributed by atoms with Crippen LogP contribution in [0.3, 0.4) is 0 Å². The van der Waals surface area contributed by atoms with Crippen molar-refractivity contribution in [3.8, 4) is 5.75 Å². The smallest absolute Gasteiger partial charge is 0.474 e. The van der Waals surface area contributed by atoms with Crippen molar-refractivity contribution in [2.75, 3.05) is 0 Å². The number of alkyl halides is 2. The third-order valence-electron chi connectivity index (χ3n) is 1.38. The van der Waals surface area contributed by atoms with Gasteiger partial charge in [-0.3, -0.25) is 0 Å². The van der Waals surface area contributed by atoms with Gasteiger partial charge in [-0.05, 0) is 12.1 Å². The van der Waals surface area contributed by atoms with Crippen LogP contribution < -0.4 is 4.74 Å². The Morgan fingerprint density at radius 1 is 1.40 bits per heavy atom. The molecule has 0 amide bonds. The molecule has 1 N–H and O–H groups in total. The molecule has 0 bridgehead atoms. The number of ether oxygens (including phenoxy) is 1. The second-order valence-electron chi connectivity index (χ2n) is 2.50. The van der Waals surface area contributed by atoms with E-state index in [4.69, 9.17) is 28.3 Å². The Morgan fingerprint density at radius 2 is 2.00 bits per heavy atom. The number of carbonyl (C=O) groups is 1. The van der Waals surface area contributed by atoms with Crippen molar-refractivity contribution in [1.29, 1.82) is 0 Å². The quantitative estimate of drug-likeness (QED) is 0.905. The minimum absolute atomic E-state index is 0.107. The molecule has 15 heavy (non-hydrogen) atoms. The van der Waals surface area contributed by atoms with E-state index in [1.807, 2.05) is 0 Å². The van der Waals surface area contributed by atoms with Crippen LogP contribution in [-0.4, -0.2) is 17.2 Å². The minimum atomic E-state index is -4.34. The van der Waals surface area contributed by atoms with Gasteiger partial charge in [0.25, 0.3) is 0 Å². The average Bonchev–Trinajstić information content (AvgIpc) is 2.10. The Morgan fingerprint density at radius 3 is 2.53 bits per heavy atom. The Hall–Kier alpha value is -1.07. The lowest BCUT2D eigenvalue weighted by Gasteiger charge is -2.14. The summed E-state index contributed by atoms with van der Waals surface area (Å²) in [5.74, 6) is -2.89. The van der Waals surface area contributed by atoms with E-state index in [-0.39, 0.29) is 10.0 Å². The van der Waals surface area contributed by atoms with Crippen molar-refractivity contribution in [2.24, 2.45) is 0 Å². The lowest BCUT2D eigenvalue weighted by molar-refractivity contribution is -0.210. The van der Waals surface area contributed by atoms with Crippen LogP contribution in [0.15, 0.2) is 18.2 Å². The molecule has 1 aromatic rings. The van der Waals surface area contributed by atoms with Gasteiger partial charge in [0.2, 0.25) is 0 Å². The van der Waals surface area contributed by atoms with Gasteiger partial charge < -0.3 is 9.84 Å². The van der Waals surface area contributed by atoms with Gasteiger partial charge in [-0.15, -0.1) is 0 Å². The van der Waals surface area contributed by atoms with Crippen LogP contribution >= 0.6 is 23.2 Å². The topological polar surface area (TPSA) is 46.5 Å². The molecular formula is C8H4Cl2F2O3. The molecule has 0 atom stereocenters. The van der Waals surface area contributed by atoms with E-state index in [0.717, 1.165) is 6.07 Å². The largest absolute Gasteiger partial charge is 0.501 e. The third kappa shape index (κ3) is 2.94. The summed E-state index contributed by atoms with van der Waals surface area (Å²) >= 11 is 11.0. The van der Waals surface area contributed by atoms with Gasteiger partial charge in [-0.1, -0.05) is 23.2 Å². The molecule has 0 aliphatic heterocycles. The van der Waals surface area contributed by atoms with Crippen molar-refractivity contribution in [3.05, 3.63) is 28.2 Å². The number of rotatable bonds is 3.